The zero-order valence-electron chi connectivity index (χ0n) is 13.3. The molecule has 0 aromatic heterocycles. The van der Waals surface area contributed by atoms with Gasteiger partial charge in [-0.3, -0.25) is 9.59 Å². The molecule has 1 aliphatic rings. The van der Waals surface area contributed by atoms with E-state index in [4.69, 9.17) is 19.3 Å². The Morgan fingerprint density at radius 1 is 1.35 bits per heavy atom. The average Bonchev–Trinajstić information content (AvgIpc) is 3.05. The van der Waals surface area contributed by atoms with Crippen molar-refractivity contribution >= 4 is 11.9 Å². The fourth-order valence-corrected chi connectivity index (χ4v) is 2.57. The summed E-state index contributed by atoms with van der Waals surface area (Å²) in [5, 5.41) is 9.09. The smallest absolute Gasteiger partial charge is 0.323 e. The van der Waals surface area contributed by atoms with E-state index in [1.807, 2.05) is 0 Å². The van der Waals surface area contributed by atoms with E-state index >= 15 is 0 Å². The Labute approximate surface area is 134 Å². The summed E-state index contributed by atoms with van der Waals surface area (Å²) in [7, 11) is 2.96. The quantitative estimate of drug-likeness (QED) is 0.816. The standard InChI is InChI=1S/C16H21NO6/c1-21-11-5-6-14(22-2)13(8-11)16(20)17(10-15(18)19)9-12-4-3-7-23-12/h5-6,8,12H,3-4,7,9-10H2,1-2H3,(H,18,19). The minimum absolute atomic E-state index is 0.130. The number of methoxy groups -OCH3 is 2. The SMILES string of the molecule is COc1ccc(OC)c(C(=O)N(CC(=O)O)CC2CCCO2)c1. The van der Waals surface area contributed by atoms with Gasteiger partial charge in [0.25, 0.3) is 5.91 Å². The lowest BCUT2D eigenvalue weighted by Crippen LogP contribution is -2.40. The Morgan fingerprint density at radius 3 is 2.70 bits per heavy atom. The molecule has 23 heavy (non-hydrogen) atoms. The van der Waals surface area contributed by atoms with Crippen molar-refractivity contribution in [2.24, 2.45) is 0 Å². The summed E-state index contributed by atoms with van der Waals surface area (Å²) in [6.07, 6.45) is 1.61. The molecule has 126 valence electrons. The van der Waals surface area contributed by atoms with Gasteiger partial charge in [-0.15, -0.1) is 0 Å². The van der Waals surface area contributed by atoms with Crippen LogP contribution in [0.1, 0.15) is 23.2 Å². The molecule has 1 aliphatic heterocycles. The summed E-state index contributed by atoms with van der Waals surface area (Å²) in [5.41, 5.74) is 0.270. The lowest BCUT2D eigenvalue weighted by Gasteiger charge is -2.24. The molecule has 1 atom stereocenters. The molecular formula is C16H21NO6. The third-order valence-corrected chi connectivity index (χ3v) is 3.70. The van der Waals surface area contributed by atoms with Crippen LogP contribution in [0.5, 0.6) is 11.5 Å². The summed E-state index contributed by atoms with van der Waals surface area (Å²) in [6.45, 7) is 0.493. The van der Waals surface area contributed by atoms with Crippen molar-refractivity contribution in [1.29, 1.82) is 0 Å². The van der Waals surface area contributed by atoms with Gasteiger partial charge in [-0.05, 0) is 31.0 Å². The Bertz CT molecular complexity index is 568. The highest BCUT2D eigenvalue weighted by Gasteiger charge is 2.27. The topological polar surface area (TPSA) is 85.3 Å². The van der Waals surface area contributed by atoms with E-state index in [2.05, 4.69) is 0 Å². The Kier molecular flexibility index (Phi) is 5.81. The summed E-state index contributed by atoms with van der Waals surface area (Å²) in [5.74, 6) is -0.614. The number of aliphatic carboxylic acids is 1. The normalized spacial score (nSPS) is 16.9. The third-order valence-electron chi connectivity index (χ3n) is 3.70. The predicted molar refractivity (Wildman–Crippen MR) is 82.1 cm³/mol. The molecule has 1 aromatic carbocycles. The monoisotopic (exact) mass is 323 g/mol. The van der Waals surface area contributed by atoms with Gasteiger partial charge >= 0.3 is 5.97 Å². The fourth-order valence-electron chi connectivity index (χ4n) is 2.57. The molecule has 0 bridgehead atoms. The summed E-state index contributed by atoms with van der Waals surface area (Å²) in [6, 6.07) is 4.85. The molecule has 0 spiro atoms. The maximum absolute atomic E-state index is 12.8. The van der Waals surface area contributed by atoms with Crippen LogP contribution in [0.2, 0.25) is 0 Å². The van der Waals surface area contributed by atoms with Gasteiger partial charge in [-0.1, -0.05) is 0 Å². The number of carboxylic acid groups (broad SMARTS) is 1. The van der Waals surface area contributed by atoms with Gasteiger partial charge in [0.05, 0.1) is 25.9 Å². The van der Waals surface area contributed by atoms with Crippen LogP contribution in [-0.4, -0.2) is 61.9 Å². The lowest BCUT2D eigenvalue weighted by atomic mass is 10.1. The first-order valence-electron chi connectivity index (χ1n) is 7.40. The largest absolute Gasteiger partial charge is 0.497 e. The number of nitrogens with zero attached hydrogens (tertiary/aromatic N) is 1. The van der Waals surface area contributed by atoms with E-state index in [0.717, 1.165) is 12.8 Å². The Morgan fingerprint density at radius 2 is 2.13 bits per heavy atom. The maximum atomic E-state index is 12.8. The number of carboxylic acids is 1. The molecule has 2 rings (SSSR count). The molecule has 7 nitrogen and oxygen atoms in total. The van der Waals surface area contributed by atoms with Gasteiger partial charge in [0.15, 0.2) is 0 Å². The molecule has 0 saturated carbocycles. The first kappa shape index (κ1) is 17.1. The first-order valence-corrected chi connectivity index (χ1v) is 7.40. The number of amides is 1. The van der Waals surface area contributed by atoms with Gasteiger partial charge in [-0.2, -0.15) is 0 Å². The molecule has 1 unspecified atom stereocenters. The van der Waals surface area contributed by atoms with E-state index in [1.54, 1.807) is 18.2 Å². The highest BCUT2D eigenvalue weighted by atomic mass is 16.5. The first-order chi connectivity index (χ1) is 11.0. The highest BCUT2D eigenvalue weighted by molar-refractivity contribution is 5.98. The fraction of sp³-hybridized carbons (Fsp3) is 0.500. The second-order valence-electron chi connectivity index (χ2n) is 5.28. The number of ether oxygens (including phenoxy) is 3. The Hall–Kier alpha value is -2.28. The molecule has 1 fully saturated rings. The van der Waals surface area contributed by atoms with Gasteiger partial charge in [-0.25, -0.2) is 0 Å². The van der Waals surface area contributed by atoms with Crippen molar-refractivity contribution in [3.8, 4) is 11.5 Å². The van der Waals surface area contributed by atoms with Crippen molar-refractivity contribution in [2.45, 2.75) is 18.9 Å². The molecule has 0 radical (unpaired) electrons. The second kappa shape index (κ2) is 7.82. The highest BCUT2D eigenvalue weighted by Crippen LogP contribution is 2.26. The number of benzene rings is 1. The maximum Gasteiger partial charge on any atom is 0.323 e. The number of hydrogen-bond donors (Lipinski definition) is 1. The molecule has 1 saturated heterocycles. The minimum Gasteiger partial charge on any atom is -0.497 e. The van der Waals surface area contributed by atoms with Crippen LogP contribution in [0.4, 0.5) is 0 Å². The number of carbonyl (C=O) groups excluding carboxylic acids is 1. The summed E-state index contributed by atoms with van der Waals surface area (Å²) < 4.78 is 15.9. The van der Waals surface area contributed by atoms with Gasteiger partial charge in [0.2, 0.25) is 0 Å². The van der Waals surface area contributed by atoms with Crippen LogP contribution in [0, 0.1) is 0 Å². The van der Waals surface area contributed by atoms with Gasteiger partial charge in [0, 0.05) is 13.2 Å². The number of hydrogen-bond acceptors (Lipinski definition) is 5. The zero-order valence-corrected chi connectivity index (χ0v) is 13.3. The van der Waals surface area contributed by atoms with E-state index in [1.165, 1.54) is 19.1 Å². The van der Waals surface area contributed by atoms with Crippen molar-refractivity contribution in [3.05, 3.63) is 23.8 Å². The molecular weight excluding hydrogens is 302 g/mol. The van der Waals surface area contributed by atoms with Crippen LogP contribution in [0.25, 0.3) is 0 Å². The molecule has 1 heterocycles. The Balaban J connectivity index is 2.25. The molecule has 0 aliphatic carbocycles. The van der Waals surface area contributed by atoms with Gasteiger partial charge in [0.1, 0.15) is 18.0 Å². The van der Waals surface area contributed by atoms with Crippen LogP contribution < -0.4 is 9.47 Å². The molecule has 1 amide bonds. The average molecular weight is 323 g/mol. The van der Waals surface area contributed by atoms with Crippen LogP contribution in [0.3, 0.4) is 0 Å². The van der Waals surface area contributed by atoms with Crippen LogP contribution in [-0.2, 0) is 9.53 Å². The summed E-state index contributed by atoms with van der Waals surface area (Å²) >= 11 is 0. The predicted octanol–water partition coefficient (Wildman–Crippen LogP) is 1.41. The van der Waals surface area contributed by atoms with E-state index in [9.17, 15) is 9.59 Å². The lowest BCUT2D eigenvalue weighted by molar-refractivity contribution is -0.138. The van der Waals surface area contributed by atoms with Crippen LogP contribution >= 0.6 is 0 Å². The van der Waals surface area contributed by atoms with Gasteiger partial charge < -0.3 is 24.2 Å². The number of rotatable bonds is 7. The van der Waals surface area contributed by atoms with E-state index in [0.29, 0.717) is 18.1 Å². The minimum atomic E-state index is -1.07. The zero-order chi connectivity index (χ0) is 16.8. The molecule has 1 aromatic rings. The van der Waals surface area contributed by atoms with Crippen molar-refractivity contribution in [1.82, 2.24) is 4.90 Å². The third kappa shape index (κ3) is 4.35. The van der Waals surface area contributed by atoms with Crippen molar-refractivity contribution in [2.75, 3.05) is 33.9 Å². The van der Waals surface area contributed by atoms with Crippen molar-refractivity contribution < 1.29 is 28.9 Å². The van der Waals surface area contributed by atoms with E-state index in [-0.39, 0.29) is 24.8 Å². The van der Waals surface area contributed by atoms with E-state index < -0.39 is 11.9 Å². The molecule has 7 heteroatoms. The van der Waals surface area contributed by atoms with Crippen LogP contribution in [0.15, 0.2) is 18.2 Å². The number of carbonyl (C=O) groups is 2. The van der Waals surface area contributed by atoms with Crippen molar-refractivity contribution in [3.63, 3.8) is 0 Å². The second-order valence-corrected chi connectivity index (χ2v) is 5.28. The summed E-state index contributed by atoms with van der Waals surface area (Å²) in [4.78, 5) is 25.2. The molecule has 1 N–H and O–H groups in total.